The Labute approximate surface area is 110 Å². The van der Waals surface area contributed by atoms with Crippen LogP contribution >= 0.6 is 0 Å². The summed E-state index contributed by atoms with van der Waals surface area (Å²) in [6.07, 6.45) is 0. The first-order chi connectivity index (χ1) is 8.98. The van der Waals surface area contributed by atoms with Gasteiger partial charge >= 0.3 is 5.97 Å². The molecule has 0 radical (unpaired) electrons. The summed E-state index contributed by atoms with van der Waals surface area (Å²) in [6, 6.07) is 6.98. The fourth-order valence-electron chi connectivity index (χ4n) is 1.94. The summed E-state index contributed by atoms with van der Waals surface area (Å²) in [5.74, 6) is -0.867. The Morgan fingerprint density at radius 2 is 2.16 bits per heavy atom. The van der Waals surface area contributed by atoms with Crippen LogP contribution in [0.25, 0.3) is 0 Å². The van der Waals surface area contributed by atoms with Gasteiger partial charge in [0.25, 0.3) is 5.91 Å². The van der Waals surface area contributed by atoms with Crippen LogP contribution in [0.2, 0.25) is 0 Å². The van der Waals surface area contributed by atoms with Crippen molar-refractivity contribution in [2.45, 2.75) is 12.5 Å². The molecule has 0 spiro atoms. The Hall–Kier alpha value is -2.08. The van der Waals surface area contributed by atoms with Crippen LogP contribution in [0.1, 0.15) is 6.92 Å². The molecule has 0 aliphatic carbocycles. The summed E-state index contributed by atoms with van der Waals surface area (Å²) in [4.78, 5) is 24.5. The maximum absolute atomic E-state index is 11.9. The maximum Gasteiger partial charge on any atom is 0.337 e. The third-order valence-corrected chi connectivity index (χ3v) is 3.10. The van der Waals surface area contributed by atoms with Crippen LogP contribution in [-0.4, -0.2) is 42.8 Å². The van der Waals surface area contributed by atoms with E-state index in [1.165, 1.54) is 18.9 Å². The number of ether oxygens (including phenoxy) is 2. The summed E-state index contributed by atoms with van der Waals surface area (Å²) >= 11 is 0. The number of para-hydroxylation sites is 2. The molecule has 1 aromatic carbocycles. The van der Waals surface area contributed by atoms with E-state index in [0.29, 0.717) is 11.4 Å². The molecular weight excluding hydrogens is 250 g/mol. The average Bonchev–Trinajstić information content (AvgIpc) is 2.41. The molecule has 1 atom stereocenters. The second-order valence-corrected chi connectivity index (χ2v) is 4.48. The summed E-state index contributed by atoms with van der Waals surface area (Å²) in [7, 11) is 1.50. The molecule has 19 heavy (non-hydrogen) atoms. The quantitative estimate of drug-likeness (QED) is 0.878. The van der Waals surface area contributed by atoms with Gasteiger partial charge in [-0.15, -0.1) is 0 Å². The van der Waals surface area contributed by atoms with Crippen molar-refractivity contribution in [3.05, 3.63) is 24.3 Å². The minimum Gasteiger partial charge on any atom is -0.495 e. The molecule has 1 aromatic rings. The average molecular weight is 265 g/mol. The van der Waals surface area contributed by atoms with E-state index in [1.807, 2.05) is 0 Å². The van der Waals surface area contributed by atoms with E-state index in [-0.39, 0.29) is 19.1 Å². The van der Waals surface area contributed by atoms with E-state index >= 15 is 0 Å². The van der Waals surface area contributed by atoms with Crippen LogP contribution in [0.4, 0.5) is 5.69 Å². The van der Waals surface area contributed by atoms with Crippen LogP contribution in [0.5, 0.6) is 5.75 Å². The molecule has 0 bridgehead atoms. The summed E-state index contributed by atoms with van der Waals surface area (Å²) in [6.45, 7) is 1.13. The molecule has 1 N–H and O–H groups in total. The highest BCUT2D eigenvalue weighted by Gasteiger charge is 2.43. The van der Waals surface area contributed by atoms with Crippen LogP contribution in [0.15, 0.2) is 24.3 Å². The van der Waals surface area contributed by atoms with Gasteiger partial charge in [0.1, 0.15) is 12.4 Å². The summed E-state index contributed by atoms with van der Waals surface area (Å²) in [5.41, 5.74) is -0.861. The van der Waals surface area contributed by atoms with Crippen LogP contribution in [-0.2, 0) is 14.3 Å². The molecule has 0 aromatic heterocycles. The number of carboxylic acid groups (broad SMARTS) is 1. The predicted molar refractivity (Wildman–Crippen MR) is 67.3 cm³/mol. The SMILES string of the molecule is COc1ccccc1N1CC(C)(C(=O)O)OCC1=O. The molecule has 0 saturated carbocycles. The lowest BCUT2D eigenvalue weighted by molar-refractivity contribution is -0.168. The first kappa shape index (κ1) is 13.4. The molecule has 1 amide bonds. The third-order valence-electron chi connectivity index (χ3n) is 3.10. The number of amides is 1. The van der Waals surface area contributed by atoms with E-state index in [0.717, 1.165) is 0 Å². The number of carboxylic acids is 1. The Balaban J connectivity index is 2.37. The number of carbonyl (C=O) groups excluding carboxylic acids is 1. The minimum atomic E-state index is -1.41. The van der Waals surface area contributed by atoms with Gasteiger partial charge in [-0.3, -0.25) is 4.79 Å². The Morgan fingerprint density at radius 3 is 2.79 bits per heavy atom. The molecule has 6 nitrogen and oxygen atoms in total. The highest BCUT2D eigenvalue weighted by atomic mass is 16.5. The normalized spacial score (nSPS) is 23.3. The van der Waals surface area contributed by atoms with E-state index in [2.05, 4.69) is 0 Å². The van der Waals surface area contributed by atoms with E-state index < -0.39 is 11.6 Å². The maximum atomic E-state index is 11.9. The first-order valence-corrected chi connectivity index (χ1v) is 5.78. The van der Waals surface area contributed by atoms with Crippen molar-refractivity contribution in [1.29, 1.82) is 0 Å². The van der Waals surface area contributed by atoms with Gasteiger partial charge in [0.05, 0.1) is 19.3 Å². The zero-order valence-electron chi connectivity index (χ0n) is 10.8. The van der Waals surface area contributed by atoms with Crippen molar-refractivity contribution in [3.63, 3.8) is 0 Å². The minimum absolute atomic E-state index is 0.0540. The molecule has 1 heterocycles. The van der Waals surface area contributed by atoms with Crippen LogP contribution in [0, 0.1) is 0 Å². The lowest BCUT2D eigenvalue weighted by atomic mass is 10.0. The smallest absolute Gasteiger partial charge is 0.337 e. The monoisotopic (exact) mass is 265 g/mol. The third kappa shape index (κ3) is 2.39. The second-order valence-electron chi connectivity index (χ2n) is 4.48. The number of morpholine rings is 1. The van der Waals surface area contributed by atoms with Crippen molar-refractivity contribution in [3.8, 4) is 5.75 Å². The van der Waals surface area contributed by atoms with Crippen LogP contribution < -0.4 is 9.64 Å². The number of nitrogens with zero attached hydrogens (tertiary/aromatic N) is 1. The van der Waals surface area contributed by atoms with Gasteiger partial charge in [0, 0.05) is 0 Å². The number of hydrogen-bond acceptors (Lipinski definition) is 4. The van der Waals surface area contributed by atoms with Gasteiger partial charge in [-0.25, -0.2) is 4.79 Å². The van der Waals surface area contributed by atoms with Crippen molar-refractivity contribution in [1.82, 2.24) is 0 Å². The number of rotatable bonds is 3. The first-order valence-electron chi connectivity index (χ1n) is 5.78. The Kier molecular flexibility index (Phi) is 3.44. The number of carbonyl (C=O) groups is 2. The molecule has 1 saturated heterocycles. The van der Waals surface area contributed by atoms with E-state index in [1.54, 1.807) is 24.3 Å². The topological polar surface area (TPSA) is 76.1 Å². The van der Waals surface area contributed by atoms with Gasteiger partial charge in [-0.2, -0.15) is 0 Å². The largest absolute Gasteiger partial charge is 0.495 e. The van der Waals surface area contributed by atoms with Crippen LogP contribution in [0.3, 0.4) is 0 Å². The lowest BCUT2D eigenvalue weighted by Crippen LogP contribution is -2.57. The number of benzene rings is 1. The molecule has 6 heteroatoms. The Morgan fingerprint density at radius 1 is 1.47 bits per heavy atom. The number of hydrogen-bond donors (Lipinski definition) is 1. The number of anilines is 1. The standard InChI is InChI=1S/C13H15NO5/c1-13(12(16)17)8-14(11(15)7-19-13)9-5-3-4-6-10(9)18-2/h3-6H,7-8H2,1-2H3,(H,16,17). The summed E-state index contributed by atoms with van der Waals surface area (Å²) in [5, 5.41) is 9.18. The van der Waals surface area contributed by atoms with Crippen molar-refractivity contribution < 1.29 is 24.2 Å². The fourth-order valence-corrected chi connectivity index (χ4v) is 1.94. The molecule has 1 fully saturated rings. The van der Waals surface area contributed by atoms with Gasteiger partial charge < -0.3 is 19.5 Å². The van der Waals surface area contributed by atoms with Crippen molar-refractivity contribution in [2.24, 2.45) is 0 Å². The molecule has 1 aliphatic rings. The lowest BCUT2D eigenvalue weighted by Gasteiger charge is -2.37. The zero-order chi connectivity index (χ0) is 14.0. The predicted octanol–water partition coefficient (Wildman–Crippen LogP) is 0.902. The van der Waals surface area contributed by atoms with Crippen molar-refractivity contribution >= 4 is 17.6 Å². The summed E-state index contributed by atoms with van der Waals surface area (Å²) < 4.78 is 10.3. The number of aliphatic carboxylic acids is 1. The molecule has 2 rings (SSSR count). The molecule has 1 aliphatic heterocycles. The highest BCUT2D eigenvalue weighted by molar-refractivity contribution is 5.98. The van der Waals surface area contributed by atoms with E-state index in [4.69, 9.17) is 9.47 Å². The zero-order valence-corrected chi connectivity index (χ0v) is 10.8. The fraction of sp³-hybridized carbons (Fsp3) is 0.385. The van der Waals surface area contributed by atoms with Gasteiger partial charge in [0.15, 0.2) is 5.60 Å². The second kappa shape index (κ2) is 4.89. The van der Waals surface area contributed by atoms with Gasteiger partial charge in [-0.05, 0) is 19.1 Å². The molecule has 102 valence electrons. The molecule has 1 unspecified atom stereocenters. The van der Waals surface area contributed by atoms with Gasteiger partial charge in [-0.1, -0.05) is 12.1 Å². The van der Waals surface area contributed by atoms with E-state index in [9.17, 15) is 14.7 Å². The number of methoxy groups -OCH3 is 1. The Bertz CT molecular complexity index is 516. The van der Waals surface area contributed by atoms with Gasteiger partial charge in [0.2, 0.25) is 0 Å². The molecular formula is C13H15NO5. The highest BCUT2D eigenvalue weighted by Crippen LogP contribution is 2.31. The van der Waals surface area contributed by atoms with Crippen molar-refractivity contribution in [2.75, 3.05) is 25.2 Å².